The normalized spacial score (nSPS) is 14.8. The third-order valence-corrected chi connectivity index (χ3v) is 4.36. The van der Waals surface area contributed by atoms with Gasteiger partial charge in [0.2, 0.25) is 5.91 Å². The van der Waals surface area contributed by atoms with Crippen LogP contribution in [0.15, 0.2) is 48.5 Å². The Hall–Kier alpha value is -2.49. The maximum absolute atomic E-state index is 12.3. The molecular formula is C20H24N2O2. The van der Waals surface area contributed by atoms with Crippen LogP contribution in [0.2, 0.25) is 0 Å². The molecule has 0 radical (unpaired) electrons. The number of anilines is 1. The number of hydrogen-bond donors (Lipinski definition) is 2. The topological polar surface area (TPSA) is 50.4 Å². The van der Waals surface area contributed by atoms with Gasteiger partial charge in [-0.1, -0.05) is 24.3 Å². The van der Waals surface area contributed by atoms with E-state index in [2.05, 4.69) is 10.6 Å². The number of ether oxygens (including phenoxy) is 1. The third kappa shape index (κ3) is 4.28. The van der Waals surface area contributed by atoms with Gasteiger partial charge in [0.25, 0.3) is 0 Å². The molecule has 4 heteroatoms. The Kier molecular flexibility index (Phi) is 5.04. The van der Waals surface area contributed by atoms with Gasteiger partial charge in [-0.2, -0.15) is 0 Å². The molecule has 2 aromatic rings. The lowest BCUT2D eigenvalue weighted by molar-refractivity contribution is -0.120. The SMILES string of the molecule is COc1ccc(C(NC(=O)CNc2cccc(C)c2)C2CC2)cc1. The summed E-state index contributed by atoms with van der Waals surface area (Å²) in [4.78, 5) is 12.3. The van der Waals surface area contributed by atoms with Gasteiger partial charge in [0.1, 0.15) is 5.75 Å². The number of carbonyl (C=O) groups is 1. The Morgan fingerprint density at radius 1 is 1.21 bits per heavy atom. The maximum Gasteiger partial charge on any atom is 0.239 e. The summed E-state index contributed by atoms with van der Waals surface area (Å²) in [7, 11) is 1.66. The highest BCUT2D eigenvalue weighted by Gasteiger charge is 2.33. The Balaban J connectivity index is 1.59. The molecule has 1 fully saturated rings. The molecule has 24 heavy (non-hydrogen) atoms. The third-order valence-electron chi connectivity index (χ3n) is 4.36. The molecule has 1 aliphatic carbocycles. The number of methoxy groups -OCH3 is 1. The van der Waals surface area contributed by atoms with E-state index in [4.69, 9.17) is 4.74 Å². The highest BCUT2D eigenvalue weighted by molar-refractivity contribution is 5.81. The first-order valence-electron chi connectivity index (χ1n) is 8.39. The van der Waals surface area contributed by atoms with Gasteiger partial charge in [0, 0.05) is 5.69 Å². The number of carbonyl (C=O) groups excluding carboxylic acids is 1. The molecule has 0 bridgehead atoms. The van der Waals surface area contributed by atoms with E-state index in [-0.39, 0.29) is 18.5 Å². The summed E-state index contributed by atoms with van der Waals surface area (Å²) in [5.41, 5.74) is 3.29. The Labute approximate surface area is 143 Å². The highest BCUT2D eigenvalue weighted by atomic mass is 16.5. The van der Waals surface area contributed by atoms with E-state index in [1.54, 1.807) is 7.11 Å². The van der Waals surface area contributed by atoms with Crippen molar-refractivity contribution >= 4 is 11.6 Å². The fraction of sp³-hybridized carbons (Fsp3) is 0.350. The van der Waals surface area contributed by atoms with Gasteiger partial charge in [0.15, 0.2) is 0 Å². The number of benzene rings is 2. The van der Waals surface area contributed by atoms with Crippen molar-refractivity contribution in [3.63, 3.8) is 0 Å². The lowest BCUT2D eigenvalue weighted by atomic mass is 10.0. The van der Waals surface area contributed by atoms with Crippen LogP contribution in [0, 0.1) is 12.8 Å². The van der Waals surface area contributed by atoms with Gasteiger partial charge in [-0.15, -0.1) is 0 Å². The molecule has 1 aliphatic rings. The van der Waals surface area contributed by atoms with Gasteiger partial charge < -0.3 is 15.4 Å². The molecule has 1 unspecified atom stereocenters. The van der Waals surface area contributed by atoms with Crippen molar-refractivity contribution in [3.05, 3.63) is 59.7 Å². The molecule has 3 rings (SSSR count). The molecule has 1 atom stereocenters. The second kappa shape index (κ2) is 7.39. The monoisotopic (exact) mass is 324 g/mol. The number of rotatable bonds is 7. The summed E-state index contributed by atoms with van der Waals surface area (Å²) in [5, 5.41) is 6.36. The number of aryl methyl sites for hydroxylation is 1. The summed E-state index contributed by atoms with van der Waals surface area (Å²) in [5.74, 6) is 1.39. The standard InChI is InChI=1S/C20H24N2O2/c1-14-4-3-5-17(12-14)21-13-19(23)22-20(15-6-7-15)16-8-10-18(24-2)11-9-16/h3-5,8-12,15,20-21H,6-7,13H2,1-2H3,(H,22,23). The van der Waals surface area contributed by atoms with Crippen molar-refractivity contribution in [2.75, 3.05) is 19.0 Å². The van der Waals surface area contributed by atoms with Gasteiger partial charge in [0.05, 0.1) is 19.7 Å². The van der Waals surface area contributed by atoms with Crippen LogP contribution in [0.5, 0.6) is 5.75 Å². The smallest absolute Gasteiger partial charge is 0.239 e. The summed E-state index contributed by atoms with van der Waals surface area (Å²) >= 11 is 0. The fourth-order valence-corrected chi connectivity index (χ4v) is 2.88. The fourth-order valence-electron chi connectivity index (χ4n) is 2.88. The maximum atomic E-state index is 12.3. The predicted octanol–water partition coefficient (Wildman–Crippen LogP) is 3.68. The van der Waals surface area contributed by atoms with E-state index < -0.39 is 0 Å². The molecule has 126 valence electrons. The molecule has 0 heterocycles. The highest BCUT2D eigenvalue weighted by Crippen LogP contribution is 2.41. The van der Waals surface area contributed by atoms with Crippen LogP contribution in [0.3, 0.4) is 0 Å². The number of amides is 1. The zero-order chi connectivity index (χ0) is 16.9. The first-order chi connectivity index (χ1) is 11.7. The van der Waals surface area contributed by atoms with Crippen LogP contribution < -0.4 is 15.4 Å². The van der Waals surface area contributed by atoms with Crippen LogP contribution >= 0.6 is 0 Å². The van der Waals surface area contributed by atoms with Crippen molar-refractivity contribution in [3.8, 4) is 5.75 Å². The van der Waals surface area contributed by atoms with Crippen molar-refractivity contribution < 1.29 is 9.53 Å². The van der Waals surface area contributed by atoms with Gasteiger partial charge in [-0.25, -0.2) is 0 Å². The molecular weight excluding hydrogens is 300 g/mol. The van der Waals surface area contributed by atoms with E-state index in [0.29, 0.717) is 5.92 Å². The van der Waals surface area contributed by atoms with Gasteiger partial charge in [-0.05, 0) is 61.1 Å². The Morgan fingerprint density at radius 2 is 1.96 bits per heavy atom. The zero-order valence-corrected chi connectivity index (χ0v) is 14.2. The Bertz CT molecular complexity index is 693. The molecule has 0 saturated heterocycles. The minimum atomic E-state index is 0.0178. The van der Waals surface area contributed by atoms with Gasteiger partial charge in [-0.3, -0.25) is 4.79 Å². The number of nitrogens with one attached hydrogen (secondary N) is 2. The average molecular weight is 324 g/mol. The van der Waals surface area contributed by atoms with E-state index in [1.165, 1.54) is 18.4 Å². The summed E-state index contributed by atoms with van der Waals surface area (Å²) in [6.45, 7) is 2.32. The second-order valence-electron chi connectivity index (χ2n) is 6.38. The number of hydrogen-bond acceptors (Lipinski definition) is 3. The molecule has 0 spiro atoms. The van der Waals surface area contributed by atoms with Crippen molar-refractivity contribution in [2.45, 2.75) is 25.8 Å². The molecule has 1 amide bonds. The second-order valence-corrected chi connectivity index (χ2v) is 6.38. The molecule has 0 aromatic heterocycles. The predicted molar refractivity (Wildman–Crippen MR) is 96.3 cm³/mol. The van der Waals surface area contributed by atoms with Crippen LogP contribution in [0.4, 0.5) is 5.69 Å². The van der Waals surface area contributed by atoms with Crippen molar-refractivity contribution in [2.24, 2.45) is 5.92 Å². The van der Waals surface area contributed by atoms with Gasteiger partial charge >= 0.3 is 0 Å². The van der Waals surface area contributed by atoms with Crippen molar-refractivity contribution in [1.29, 1.82) is 0 Å². The molecule has 2 N–H and O–H groups in total. The van der Waals surface area contributed by atoms with Crippen LogP contribution in [-0.4, -0.2) is 19.6 Å². The Morgan fingerprint density at radius 3 is 2.58 bits per heavy atom. The van der Waals surface area contributed by atoms with Crippen LogP contribution in [-0.2, 0) is 4.79 Å². The first kappa shape index (κ1) is 16.4. The quantitative estimate of drug-likeness (QED) is 0.817. The molecule has 4 nitrogen and oxygen atoms in total. The van der Waals surface area contributed by atoms with E-state index in [1.807, 2.05) is 55.5 Å². The average Bonchev–Trinajstić information content (AvgIpc) is 3.43. The molecule has 1 saturated carbocycles. The van der Waals surface area contributed by atoms with Crippen LogP contribution in [0.1, 0.15) is 30.0 Å². The zero-order valence-electron chi connectivity index (χ0n) is 14.2. The largest absolute Gasteiger partial charge is 0.497 e. The van der Waals surface area contributed by atoms with Crippen molar-refractivity contribution in [1.82, 2.24) is 5.32 Å². The molecule has 0 aliphatic heterocycles. The minimum Gasteiger partial charge on any atom is -0.497 e. The van der Waals surface area contributed by atoms with E-state index in [0.717, 1.165) is 17.0 Å². The van der Waals surface area contributed by atoms with Crippen LogP contribution in [0.25, 0.3) is 0 Å². The van der Waals surface area contributed by atoms with E-state index in [9.17, 15) is 4.79 Å². The minimum absolute atomic E-state index is 0.0178. The summed E-state index contributed by atoms with van der Waals surface area (Å²) < 4.78 is 5.21. The summed E-state index contributed by atoms with van der Waals surface area (Å²) in [6, 6.07) is 16.1. The lowest BCUT2D eigenvalue weighted by Gasteiger charge is -2.19. The first-order valence-corrected chi connectivity index (χ1v) is 8.39. The lowest BCUT2D eigenvalue weighted by Crippen LogP contribution is -2.34. The van der Waals surface area contributed by atoms with E-state index >= 15 is 0 Å². The molecule has 2 aromatic carbocycles. The summed E-state index contributed by atoms with van der Waals surface area (Å²) in [6.07, 6.45) is 2.34.